The Labute approximate surface area is 108 Å². The molecule has 0 heterocycles. The van der Waals surface area contributed by atoms with Crippen LogP contribution in [0, 0.1) is 17.8 Å². The molecular weight excluding hydrogens is 228 g/mol. The van der Waals surface area contributed by atoms with Gasteiger partial charge < -0.3 is 4.74 Å². The number of carbonyl (C=O) groups excluding carboxylic acids is 2. The van der Waals surface area contributed by atoms with Crippen LogP contribution in [0.4, 0.5) is 0 Å². The number of Topliss-reactive ketones (excluding diaryl/α,β-unsaturated/α-hetero) is 1. The van der Waals surface area contributed by atoms with E-state index in [0.29, 0.717) is 11.8 Å². The molecule has 0 spiro atoms. The normalized spacial score (nSPS) is 34.8. The number of ketones is 1. The Kier molecular flexibility index (Phi) is 3.23. The molecule has 2 bridgehead atoms. The van der Waals surface area contributed by atoms with Gasteiger partial charge in [0.15, 0.2) is 0 Å². The molecule has 2 fully saturated rings. The lowest BCUT2D eigenvalue weighted by Gasteiger charge is -2.23. The van der Waals surface area contributed by atoms with E-state index in [0.717, 1.165) is 38.5 Å². The molecule has 0 aromatic rings. The summed E-state index contributed by atoms with van der Waals surface area (Å²) in [5.41, 5.74) is 0. The molecule has 3 atom stereocenters. The fraction of sp³-hybridized carbons (Fsp3) is 0.733. The van der Waals surface area contributed by atoms with Gasteiger partial charge in [-0.25, -0.2) is 4.79 Å². The maximum absolute atomic E-state index is 12.1. The van der Waals surface area contributed by atoms with E-state index in [-0.39, 0.29) is 17.8 Å². The van der Waals surface area contributed by atoms with Crippen LogP contribution in [0.1, 0.15) is 44.9 Å². The largest absolute Gasteiger partial charge is 0.457 e. The first-order valence-electron chi connectivity index (χ1n) is 7.17. The molecule has 3 unspecified atom stereocenters. The highest BCUT2D eigenvalue weighted by atomic mass is 16.5. The van der Waals surface area contributed by atoms with Crippen molar-refractivity contribution < 1.29 is 14.3 Å². The zero-order valence-electron chi connectivity index (χ0n) is 10.6. The van der Waals surface area contributed by atoms with Crippen molar-refractivity contribution in [1.82, 2.24) is 0 Å². The van der Waals surface area contributed by atoms with Gasteiger partial charge >= 0.3 is 5.97 Å². The molecule has 0 radical (unpaired) electrons. The first-order chi connectivity index (χ1) is 8.74. The average molecular weight is 248 g/mol. The quantitative estimate of drug-likeness (QED) is 0.438. The summed E-state index contributed by atoms with van der Waals surface area (Å²) in [6.45, 7) is 0. The van der Waals surface area contributed by atoms with E-state index in [2.05, 4.69) is 12.2 Å². The fourth-order valence-electron chi connectivity index (χ4n) is 3.63. The molecular formula is C15H20O3. The van der Waals surface area contributed by atoms with Gasteiger partial charge in [-0.3, -0.25) is 4.79 Å². The SMILES string of the molecule is O=C(OC1CCCCC1)C(=O)C1CC2C=CC1C2. The second-order valence-electron chi connectivity index (χ2n) is 5.92. The van der Waals surface area contributed by atoms with Crippen LogP contribution in [0.15, 0.2) is 12.2 Å². The van der Waals surface area contributed by atoms with Crippen molar-refractivity contribution in [3.63, 3.8) is 0 Å². The molecule has 0 saturated heterocycles. The molecule has 3 heteroatoms. The number of rotatable bonds is 3. The van der Waals surface area contributed by atoms with Crippen LogP contribution in [0.3, 0.4) is 0 Å². The monoisotopic (exact) mass is 248 g/mol. The minimum absolute atomic E-state index is 0.00988. The zero-order chi connectivity index (χ0) is 12.5. The topological polar surface area (TPSA) is 43.4 Å². The number of allylic oxidation sites excluding steroid dienone is 2. The van der Waals surface area contributed by atoms with Crippen LogP contribution in [0.2, 0.25) is 0 Å². The number of hydrogen-bond acceptors (Lipinski definition) is 3. The highest BCUT2D eigenvalue weighted by molar-refractivity contribution is 6.34. The van der Waals surface area contributed by atoms with Gasteiger partial charge in [0.1, 0.15) is 6.10 Å². The van der Waals surface area contributed by atoms with Gasteiger partial charge in [-0.1, -0.05) is 18.6 Å². The predicted molar refractivity (Wildman–Crippen MR) is 66.8 cm³/mol. The molecule has 3 rings (SSSR count). The predicted octanol–water partition coefficient (Wildman–Crippen LogP) is 2.64. The molecule has 0 aromatic heterocycles. The number of hydrogen-bond donors (Lipinski definition) is 0. The zero-order valence-corrected chi connectivity index (χ0v) is 10.6. The molecule has 2 saturated carbocycles. The van der Waals surface area contributed by atoms with E-state index < -0.39 is 5.97 Å². The van der Waals surface area contributed by atoms with Crippen LogP contribution in [0.25, 0.3) is 0 Å². The average Bonchev–Trinajstić information content (AvgIpc) is 3.01. The van der Waals surface area contributed by atoms with Crippen LogP contribution < -0.4 is 0 Å². The lowest BCUT2D eigenvalue weighted by atomic mass is 9.89. The summed E-state index contributed by atoms with van der Waals surface area (Å²) in [4.78, 5) is 24.0. The summed E-state index contributed by atoms with van der Waals surface area (Å²) in [6, 6.07) is 0. The van der Waals surface area contributed by atoms with Gasteiger partial charge in [0.25, 0.3) is 0 Å². The Balaban J connectivity index is 1.55. The molecule has 18 heavy (non-hydrogen) atoms. The first kappa shape index (κ1) is 11.9. The third-order valence-electron chi connectivity index (χ3n) is 4.64. The number of esters is 1. The maximum Gasteiger partial charge on any atom is 0.375 e. The maximum atomic E-state index is 12.1. The minimum atomic E-state index is -0.576. The van der Waals surface area contributed by atoms with Gasteiger partial charge in [-0.15, -0.1) is 0 Å². The standard InChI is InChI=1S/C15H20O3/c16-14(13-9-10-6-7-11(13)8-10)15(17)18-12-4-2-1-3-5-12/h6-7,10-13H,1-5,8-9H2. The van der Waals surface area contributed by atoms with Crippen LogP contribution in [-0.4, -0.2) is 17.9 Å². The lowest BCUT2D eigenvalue weighted by Crippen LogP contribution is -2.32. The van der Waals surface area contributed by atoms with E-state index in [1.54, 1.807) is 0 Å². The van der Waals surface area contributed by atoms with Crippen molar-refractivity contribution in [3.8, 4) is 0 Å². The van der Waals surface area contributed by atoms with Crippen molar-refractivity contribution >= 4 is 11.8 Å². The molecule has 3 nitrogen and oxygen atoms in total. The number of fused-ring (bicyclic) bond motifs is 2. The molecule has 0 aliphatic heterocycles. The molecule has 0 N–H and O–H groups in total. The summed E-state index contributed by atoms with van der Waals surface area (Å²) < 4.78 is 5.36. The molecule has 3 aliphatic rings. The summed E-state index contributed by atoms with van der Waals surface area (Å²) in [5.74, 6) is -0.144. The van der Waals surface area contributed by atoms with Crippen LogP contribution in [0.5, 0.6) is 0 Å². The molecule has 0 amide bonds. The summed E-state index contributed by atoms with van der Waals surface area (Å²) >= 11 is 0. The van der Waals surface area contributed by atoms with Crippen LogP contribution >= 0.6 is 0 Å². The second-order valence-corrected chi connectivity index (χ2v) is 5.92. The Bertz CT molecular complexity index is 379. The van der Waals surface area contributed by atoms with E-state index in [1.807, 2.05) is 0 Å². The second kappa shape index (κ2) is 4.87. The van der Waals surface area contributed by atoms with Crippen molar-refractivity contribution in [3.05, 3.63) is 12.2 Å². The first-order valence-corrected chi connectivity index (χ1v) is 7.17. The van der Waals surface area contributed by atoms with Gasteiger partial charge in [0, 0.05) is 5.92 Å². The van der Waals surface area contributed by atoms with E-state index in [9.17, 15) is 9.59 Å². The fourth-order valence-corrected chi connectivity index (χ4v) is 3.63. The van der Waals surface area contributed by atoms with E-state index in [4.69, 9.17) is 4.74 Å². The third kappa shape index (κ3) is 2.23. The minimum Gasteiger partial charge on any atom is -0.457 e. The molecule has 98 valence electrons. The van der Waals surface area contributed by atoms with Crippen molar-refractivity contribution in [2.45, 2.75) is 51.0 Å². The van der Waals surface area contributed by atoms with Crippen molar-refractivity contribution in [2.75, 3.05) is 0 Å². The van der Waals surface area contributed by atoms with E-state index >= 15 is 0 Å². The summed E-state index contributed by atoms with van der Waals surface area (Å²) in [7, 11) is 0. The van der Waals surface area contributed by atoms with Gasteiger partial charge in [0.2, 0.25) is 5.78 Å². The Morgan fingerprint density at radius 3 is 2.39 bits per heavy atom. The lowest BCUT2D eigenvalue weighted by molar-refractivity contribution is -0.161. The van der Waals surface area contributed by atoms with Crippen molar-refractivity contribution in [2.24, 2.45) is 17.8 Å². The number of carbonyl (C=O) groups is 2. The van der Waals surface area contributed by atoms with Crippen molar-refractivity contribution in [1.29, 1.82) is 0 Å². The molecule has 3 aliphatic carbocycles. The Morgan fingerprint density at radius 2 is 1.78 bits per heavy atom. The Morgan fingerprint density at radius 1 is 1.00 bits per heavy atom. The van der Waals surface area contributed by atoms with Gasteiger partial charge in [-0.2, -0.15) is 0 Å². The Hall–Kier alpha value is -1.12. The summed E-state index contributed by atoms with van der Waals surface area (Å²) in [5, 5.41) is 0. The van der Waals surface area contributed by atoms with E-state index in [1.165, 1.54) is 6.42 Å². The highest BCUT2D eigenvalue weighted by Gasteiger charge is 2.42. The number of ether oxygens (including phenoxy) is 1. The van der Waals surface area contributed by atoms with Gasteiger partial charge in [0.05, 0.1) is 0 Å². The third-order valence-corrected chi connectivity index (χ3v) is 4.64. The van der Waals surface area contributed by atoms with Gasteiger partial charge in [-0.05, 0) is 50.4 Å². The summed E-state index contributed by atoms with van der Waals surface area (Å²) in [6.07, 6.45) is 11.5. The smallest absolute Gasteiger partial charge is 0.375 e. The molecule has 0 aromatic carbocycles. The highest BCUT2D eigenvalue weighted by Crippen LogP contribution is 2.43. The van der Waals surface area contributed by atoms with Crippen LogP contribution in [-0.2, 0) is 14.3 Å².